The first-order valence-corrected chi connectivity index (χ1v) is 5.68. The molecule has 94 valence electrons. The monoisotopic (exact) mass is 230 g/mol. The number of aliphatic carboxylic acids is 1. The lowest BCUT2D eigenvalue weighted by Crippen LogP contribution is -2.39. The molecule has 3 N–H and O–H groups in total. The van der Waals surface area contributed by atoms with E-state index in [4.69, 9.17) is 10.8 Å². The summed E-state index contributed by atoms with van der Waals surface area (Å²) in [5.74, 6) is -1.49. The number of rotatable bonds is 7. The van der Waals surface area contributed by atoms with Crippen LogP contribution in [-0.4, -0.2) is 41.0 Å². The van der Waals surface area contributed by atoms with Gasteiger partial charge in [-0.05, 0) is 13.3 Å². The molecule has 2 unspecified atom stereocenters. The summed E-state index contributed by atoms with van der Waals surface area (Å²) in [6.07, 6.45) is 1.04. The molecule has 0 heterocycles. The molecule has 0 fully saturated rings. The molecule has 16 heavy (non-hydrogen) atoms. The Morgan fingerprint density at radius 3 is 2.31 bits per heavy atom. The maximum Gasteiger partial charge on any atom is 0.308 e. The molecule has 0 saturated carbocycles. The van der Waals surface area contributed by atoms with Crippen molar-refractivity contribution >= 4 is 11.9 Å². The second-order valence-corrected chi connectivity index (χ2v) is 4.04. The van der Waals surface area contributed by atoms with Gasteiger partial charge in [0.1, 0.15) is 0 Å². The lowest BCUT2D eigenvalue weighted by Gasteiger charge is -2.24. The normalized spacial score (nSPS) is 14.2. The number of carboxylic acid groups (broad SMARTS) is 1. The highest BCUT2D eigenvalue weighted by Gasteiger charge is 2.20. The van der Waals surface area contributed by atoms with Crippen LogP contribution in [0.2, 0.25) is 0 Å². The van der Waals surface area contributed by atoms with Gasteiger partial charge in [-0.25, -0.2) is 0 Å². The summed E-state index contributed by atoms with van der Waals surface area (Å²) < 4.78 is 0. The highest BCUT2D eigenvalue weighted by atomic mass is 16.4. The van der Waals surface area contributed by atoms with E-state index in [0.29, 0.717) is 6.54 Å². The van der Waals surface area contributed by atoms with Gasteiger partial charge in [0.15, 0.2) is 0 Å². The fourth-order valence-electron chi connectivity index (χ4n) is 1.31. The van der Waals surface area contributed by atoms with E-state index in [0.717, 1.165) is 6.42 Å². The number of hydrogen-bond donors (Lipinski definition) is 2. The van der Waals surface area contributed by atoms with Crippen LogP contribution in [-0.2, 0) is 9.59 Å². The molecule has 1 amide bonds. The van der Waals surface area contributed by atoms with Crippen molar-refractivity contribution in [3.8, 4) is 0 Å². The van der Waals surface area contributed by atoms with E-state index in [1.54, 1.807) is 11.8 Å². The largest absolute Gasteiger partial charge is 0.481 e. The lowest BCUT2D eigenvalue weighted by molar-refractivity contribution is -0.143. The number of hydrogen-bond acceptors (Lipinski definition) is 3. The molecule has 0 aromatic rings. The first-order valence-electron chi connectivity index (χ1n) is 5.68. The van der Waals surface area contributed by atoms with E-state index in [9.17, 15) is 9.59 Å². The van der Waals surface area contributed by atoms with Gasteiger partial charge in [0.2, 0.25) is 5.91 Å². The Labute approximate surface area is 96.6 Å². The Hall–Kier alpha value is -1.10. The highest BCUT2D eigenvalue weighted by molar-refractivity contribution is 5.78. The topological polar surface area (TPSA) is 83.6 Å². The van der Waals surface area contributed by atoms with Gasteiger partial charge in [0.05, 0.1) is 5.92 Å². The van der Waals surface area contributed by atoms with Crippen molar-refractivity contribution in [3.05, 3.63) is 0 Å². The molecule has 0 aliphatic heterocycles. The fourth-order valence-corrected chi connectivity index (χ4v) is 1.31. The molecule has 0 aliphatic carbocycles. The number of carbonyl (C=O) groups excluding carboxylic acids is 1. The summed E-state index contributed by atoms with van der Waals surface area (Å²) in [5.41, 5.74) is 5.69. The van der Waals surface area contributed by atoms with Crippen LogP contribution in [0.15, 0.2) is 0 Å². The van der Waals surface area contributed by atoms with Crippen molar-refractivity contribution in [2.24, 2.45) is 11.7 Å². The first kappa shape index (κ1) is 14.9. The van der Waals surface area contributed by atoms with Gasteiger partial charge in [-0.2, -0.15) is 0 Å². The zero-order chi connectivity index (χ0) is 12.7. The van der Waals surface area contributed by atoms with Gasteiger partial charge in [0.25, 0.3) is 0 Å². The second-order valence-electron chi connectivity index (χ2n) is 4.04. The van der Waals surface area contributed by atoms with E-state index in [-0.39, 0.29) is 24.9 Å². The van der Waals surface area contributed by atoms with Crippen LogP contribution in [0, 0.1) is 5.92 Å². The molecule has 0 radical (unpaired) electrons. The van der Waals surface area contributed by atoms with Crippen molar-refractivity contribution in [1.29, 1.82) is 0 Å². The number of nitrogens with zero attached hydrogens (tertiary/aromatic N) is 1. The van der Waals surface area contributed by atoms with Crippen LogP contribution in [0.4, 0.5) is 0 Å². The summed E-state index contributed by atoms with van der Waals surface area (Å²) in [7, 11) is 0. The average Bonchev–Trinajstić information content (AvgIpc) is 2.24. The minimum Gasteiger partial charge on any atom is -0.481 e. The highest BCUT2D eigenvalue weighted by Crippen LogP contribution is 2.05. The molecule has 0 rings (SSSR count). The standard InChI is InChI=1S/C11H22N2O3/c1-4-9(12)6-10(14)13(5-2)7-8(3)11(15)16/h8-9H,4-7,12H2,1-3H3,(H,15,16). The lowest BCUT2D eigenvalue weighted by atomic mass is 10.1. The van der Waals surface area contributed by atoms with Gasteiger partial charge in [0, 0.05) is 25.6 Å². The smallest absolute Gasteiger partial charge is 0.308 e. The molecule has 0 aromatic carbocycles. The van der Waals surface area contributed by atoms with Crippen molar-refractivity contribution < 1.29 is 14.7 Å². The number of nitrogens with two attached hydrogens (primary N) is 1. The molecule has 0 aliphatic rings. The summed E-state index contributed by atoms with van der Waals surface area (Å²) in [6.45, 7) is 6.13. The van der Waals surface area contributed by atoms with Gasteiger partial charge in [-0.3, -0.25) is 9.59 Å². The van der Waals surface area contributed by atoms with E-state index in [2.05, 4.69) is 0 Å². The van der Waals surface area contributed by atoms with Crippen LogP contribution >= 0.6 is 0 Å². The van der Waals surface area contributed by atoms with E-state index in [1.807, 2.05) is 13.8 Å². The van der Waals surface area contributed by atoms with Crippen molar-refractivity contribution in [1.82, 2.24) is 4.90 Å². The van der Waals surface area contributed by atoms with Crippen LogP contribution in [0.3, 0.4) is 0 Å². The summed E-state index contributed by atoms with van der Waals surface area (Å²) in [6, 6.07) is -0.137. The molecular weight excluding hydrogens is 208 g/mol. The van der Waals surface area contributed by atoms with E-state index >= 15 is 0 Å². The Balaban J connectivity index is 4.27. The maximum absolute atomic E-state index is 11.8. The zero-order valence-corrected chi connectivity index (χ0v) is 10.3. The second kappa shape index (κ2) is 7.22. The van der Waals surface area contributed by atoms with Gasteiger partial charge < -0.3 is 15.7 Å². The third-order valence-electron chi connectivity index (χ3n) is 2.61. The number of amides is 1. The van der Waals surface area contributed by atoms with E-state index in [1.165, 1.54) is 0 Å². The summed E-state index contributed by atoms with van der Waals surface area (Å²) in [4.78, 5) is 24.0. The Morgan fingerprint density at radius 2 is 1.94 bits per heavy atom. The SMILES string of the molecule is CCC(N)CC(=O)N(CC)CC(C)C(=O)O. The van der Waals surface area contributed by atoms with Gasteiger partial charge in [-0.1, -0.05) is 13.8 Å². The first-order chi connectivity index (χ1) is 7.42. The van der Waals surface area contributed by atoms with Crippen molar-refractivity contribution in [2.75, 3.05) is 13.1 Å². The van der Waals surface area contributed by atoms with Crippen molar-refractivity contribution in [3.63, 3.8) is 0 Å². The molecule has 0 saturated heterocycles. The summed E-state index contributed by atoms with van der Waals surface area (Å²) in [5, 5.41) is 8.77. The van der Waals surface area contributed by atoms with Crippen LogP contribution in [0.1, 0.15) is 33.6 Å². The minimum atomic E-state index is -0.883. The average molecular weight is 230 g/mol. The molecule has 0 bridgehead atoms. The zero-order valence-electron chi connectivity index (χ0n) is 10.3. The molecule has 5 nitrogen and oxygen atoms in total. The third kappa shape index (κ3) is 5.11. The minimum absolute atomic E-state index is 0.0649. The van der Waals surface area contributed by atoms with Crippen LogP contribution in [0.25, 0.3) is 0 Å². The van der Waals surface area contributed by atoms with Gasteiger partial charge >= 0.3 is 5.97 Å². The van der Waals surface area contributed by atoms with E-state index < -0.39 is 11.9 Å². The fraction of sp³-hybridized carbons (Fsp3) is 0.818. The Bertz CT molecular complexity index is 243. The quantitative estimate of drug-likeness (QED) is 0.673. The Kier molecular flexibility index (Phi) is 6.72. The predicted molar refractivity (Wildman–Crippen MR) is 61.9 cm³/mol. The molecule has 0 aromatic heterocycles. The Morgan fingerprint density at radius 1 is 1.38 bits per heavy atom. The predicted octanol–water partition coefficient (Wildman–Crippen LogP) is 0.683. The molecule has 0 spiro atoms. The molecule has 2 atom stereocenters. The number of carboxylic acids is 1. The maximum atomic E-state index is 11.8. The van der Waals surface area contributed by atoms with Crippen LogP contribution < -0.4 is 5.73 Å². The van der Waals surface area contributed by atoms with Crippen molar-refractivity contribution in [2.45, 2.75) is 39.7 Å². The van der Waals surface area contributed by atoms with Crippen LogP contribution in [0.5, 0.6) is 0 Å². The van der Waals surface area contributed by atoms with Gasteiger partial charge in [-0.15, -0.1) is 0 Å². The molecular formula is C11H22N2O3. The summed E-state index contributed by atoms with van der Waals surface area (Å²) >= 11 is 0. The molecule has 5 heteroatoms. The number of carbonyl (C=O) groups is 2. The third-order valence-corrected chi connectivity index (χ3v) is 2.61.